The number of aromatic nitrogens is 1. The fraction of sp³-hybridized carbons (Fsp3) is 0.160. The van der Waals surface area contributed by atoms with Gasteiger partial charge in [0.15, 0.2) is 5.76 Å². The number of rotatable bonds is 6. The number of furan rings is 1. The summed E-state index contributed by atoms with van der Waals surface area (Å²) in [6.07, 6.45) is 4.31. The summed E-state index contributed by atoms with van der Waals surface area (Å²) in [5.74, 6) is -0.0152. The highest BCUT2D eigenvalue weighted by atomic mass is 16.3. The minimum atomic E-state index is -0.284. The van der Waals surface area contributed by atoms with E-state index < -0.39 is 0 Å². The van der Waals surface area contributed by atoms with E-state index in [0.717, 1.165) is 27.7 Å². The van der Waals surface area contributed by atoms with Gasteiger partial charge in [0.1, 0.15) is 0 Å². The Morgan fingerprint density at radius 3 is 2.84 bits per heavy atom. The van der Waals surface area contributed by atoms with E-state index in [-0.39, 0.29) is 17.6 Å². The molecule has 0 atom stereocenters. The molecule has 0 saturated carbocycles. The molecule has 0 fully saturated rings. The summed E-state index contributed by atoms with van der Waals surface area (Å²) in [4.78, 5) is 31.4. The normalized spacial score (nSPS) is 12.9. The van der Waals surface area contributed by atoms with Crippen LogP contribution in [0.4, 0.5) is 5.69 Å². The van der Waals surface area contributed by atoms with Gasteiger partial charge < -0.3 is 14.6 Å². The number of hydrogen-bond donors (Lipinski definition) is 1. The number of carbonyl (C=O) groups excluding carboxylic acids is 2. The molecule has 6 heteroatoms. The van der Waals surface area contributed by atoms with Crippen molar-refractivity contribution >= 4 is 28.4 Å². The summed E-state index contributed by atoms with van der Waals surface area (Å²) >= 11 is 0. The number of benzene rings is 2. The molecule has 0 saturated heterocycles. The average Bonchev–Trinajstić information content (AvgIpc) is 3.38. The molecular weight excluding hydrogens is 390 g/mol. The monoisotopic (exact) mass is 411 g/mol. The van der Waals surface area contributed by atoms with Gasteiger partial charge in [-0.2, -0.15) is 0 Å². The molecule has 0 aliphatic carbocycles. The van der Waals surface area contributed by atoms with E-state index in [9.17, 15) is 9.59 Å². The number of anilines is 1. The molecule has 154 valence electrons. The van der Waals surface area contributed by atoms with Gasteiger partial charge in [0.05, 0.1) is 24.7 Å². The number of carbonyl (C=O) groups is 2. The zero-order valence-corrected chi connectivity index (χ0v) is 16.9. The lowest BCUT2D eigenvalue weighted by Crippen LogP contribution is -2.29. The third-order valence-corrected chi connectivity index (χ3v) is 5.60. The highest BCUT2D eigenvalue weighted by molar-refractivity contribution is 6.01. The van der Waals surface area contributed by atoms with Crippen LogP contribution in [0.2, 0.25) is 0 Å². The summed E-state index contributed by atoms with van der Waals surface area (Å²) in [6, 6.07) is 19.5. The van der Waals surface area contributed by atoms with Crippen LogP contribution in [0, 0.1) is 0 Å². The summed E-state index contributed by atoms with van der Waals surface area (Å²) in [6.45, 7) is 0.766. The van der Waals surface area contributed by atoms with Crippen molar-refractivity contribution in [2.75, 3.05) is 11.4 Å². The fourth-order valence-corrected chi connectivity index (χ4v) is 4.08. The van der Waals surface area contributed by atoms with Gasteiger partial charge in [-0.1, -0.05) is 42.5 Å². The van der Waals surface area contributed by atoms with Crippen LogP contribution < -0.4 is 10.2 Å². The summed E-state index contributed by atoms with van der Waals surface area (Å²) in [5, 5.41) is 4.01. The number of fused-ring (bicyclic) bond motifs is 2. The Kier molecular flexibility index (Phi) is 4.96. The number of para-hydroxylation sites is 2. The highest BCUT2D eigenvalue weighted by Crippen LogP contribution is 2.30. The summed E-state index contributed by atoms with van der Waals surface area (Å²) in [7, 11) is 0. The van der Waals surface area contributed by atoms with Crippen molar-refractivity contribution in [1.29, 1.82) is 0 Å². The fourth-order valence-electron chi connectivity index (χ4n) is 4.08. The molecule has 1 aliphatic rings. The van der Waals surface area contributed by atoms with Crippen LogP contribution in [0.15, 0.2) is 77.5 Å². The third kappa shape index (κ3) is 3.68. The first-order valence-electron chi connectivity index (χ1n) is 10.3. The molecule has 2 amide bonds. The second-order valence-electron chi connectivity index (χ2n) is 7.56. The molecule has 31 heavy (non-hydrogen) atoms. The van der Waals surface area contributed by atoms with Gasteiger partial charge in [0.25, 0.3) is 5.91 Å². The van der Waals surface area contributed by atoms with Crippen molar-refractivity contribution in [3.63, 3.8) is 0 Å². The Morgan fingerprint density at radius 2 is 1.90 bits per heavy atom. The van der Waals surface area contributed by atoms with E-state index in [1.54, 1.807) is 17.2 Å². The molecule has 4 aromatic rings. The molecule has 1 N–H and O–H groups in total. The Labute approximate surface area is 179 Å². The van der Waals surface area contributed by atoms with Crippen LogP contribution in [0.5, 0.6) is 0 Å². The second-order valence-corrected chi connectivity index (χ2v) is 7.56. The molecule has 0 radical (unpaired) electrons. The molecule has 3 heterocycles. The summed E-state index contributed by atoms with van der Waals surface area (Å²) in [5.41, 5.74) is 4.62. The largest absolute Gasteiger partial charge is 0.459 e. The van der Waals surface area contributed by atoms with Crippen molar-refractivity contribution in [2.24, 2.45) is 0 Å². The van der Waals surface area contributed by atoms with E-state index in [0.29, 0.717) is 31.5 Å². The van der Waals surface area contributed by atoms with Crippen LogP contribution in [-0.4, -0.2) is 23.3 Å². The smallest absolute Gasteiger partial charge is 0.287 e. The van der Waals surface area contributed by atoms with Crippen LogP contribution in [0.3, 0.4) is 0 Å². The predicted octanol–water partition coefficient (Wildman–Crippen LogP) is 3.89. The number of hydrogen-bond acceptors (Lipinski definition) is 4. The highest BCUT2D eigenvalue weighted by Gasteiger charge is 2.28. The van der Waals surface area contributed by atoms with Gasteiger partial charge in [-0.05, 0) is 35.7 Å². The lowest BCUT2D eigenvalue weighted by Gasteiger charge is -2.17. The topological polar surface area (TPSA) is 75.4 Å². The van der Waals surface area contributed by atoms with Crippen molar-refractivity contribution in [3.05, 3.63) is 95.6 Å². The lowest BCUT2D eigenvalue weighted by molar-refractivity contribution is -0.117. The Hall–Kier alpha value is -3.93. The minimum Gasteiger partial charge on any atom is -0.459 e. The van der Waals surface area contributed by atoms with Crippen molar-refractivity contribution in [3.8, 4) is 0 Å². The molecule has 6 nitrogen and oxygen atoms in total. The first kappa shape index (κ1) is 19.1. The van der Waals surface area contributed by atoms with Gasteiger partial charge in [-0.3, -0.25) is 14.6 Å². The van der Waals surface area contributed by atoms with E-state index in [2.05, 4.69) is 10.3 Å². The molecule has 2 aromatic heterocycles. The Bertz CT molecular complexity index is 1270. The van der Waals surface area contributed by atoms with E-state index >= 15 is 0 Å². The minimum absolute atomic E-state index is 0.0252. The van der Waals surface area contributed by atoms with E-state index in [1.807, 2.05) is 54.6 Å². The molecule has 2 aromatic carbocycles. The van der Waals surface area contributed by atoms with Crippen LogP contribution in [-0.2, 0) is 24.2 Å². The van der Waals surface area contributed by atoms with Gasteiger partial charge in [-0.15, -0.1) is 0 Å². The molecule has 0 unspecified atom stereocenters. The first-order valence-corrected chi connectivity index (χ1v) is 10.3. The quantitative estimate of drug-likeness (QED) is 0.522. The SMILES string of the molecule is O=C(NCCc1cccc2cccnc12)c1occc1CN1C(=O)Cc2ccccc21. The zero-order chi connectivity index (χ0) is 21.2. The molecule has 1 aliphatic heterocycles. The van der Waals surface area contributed by atoms with E-state index in [4.69, 9.17) is 4.42 Å². The summed E-state index contributed by atoms with van der Waals surface area (Å²) < 4.78 is 5.47. The number of pyridine rings is 1. The van der Waals surface area contributed by atoms with Gasteiger partial charge >= 0.3 is 0 Å². The predicted molar refractivity (Wildman–Crippen MR) is 118 cm³/mol. The zero-order valence-electron chi connectivity index (χ0n) is 16.9. The second kappa shape index (κ2) is 8.07. The van der Waals surface area contributed by atoms with Crippen molar-refractivity contribution in [2.45, 2.75) is 19.4 Å². The molecule has 0 spiro atoms. The Balaban J connectivity index is 1.26. The standard InChI is InChI=1S/C25H21N3O3/c29-22-15-19-5-1-2-9-21(19)28(22)16-20-11-14-31-24(20)25(30)27-13-10-18-7-3-6-17-8-4-12-26-23(17)18/h1-9,11-12,14H,10,13,15-16H2,(H,27,30). The lowest BCUT2D eigenvalue weighted by atomic mass is 10.1. The number of nitrogens with one attached hydrogen (secondary N) is 1. The van der Waals surface area contributed by atoms with Gasteiger partial charge in [0.2, 0.25) is 5.91 Å². The number of nitrogens with zero attached hydrogens (tertiary/aromatic N) is 2. The van der Waals surface area contributed by atoms with Gasteiger partial charge in [0, 0.05) is 29.4 Å². The number of amides is 2. The Morgan fingerprint density at radius 1 is 1.03 bits per heavy atom. The average molecular weight is 411 g/mol. The molecule has 0 bridgehead atoms. The molecular formula is C25H21N3O3. The van der Waals surface area contributed by atoms with Crippen molar-refractivity contribution < 1.29 is 14.0 Å². The van der Waals surface area contributed by atoms with E-state index in [1.165, 1.54) is 6.26 Å². The maximum Gasteiger partial charge on any atom is 0.287 e. The third-order valence-electron chi connectivity index (χ3n) is 5.60. The maximum atomic E-state index is 12.8. The van der Waals surface area contributed by atoms with Crippen LogP contribution in [0.25, 0.3) is 10.9 Å². The van der Waals surface area contributed by atoms with Crippen LogP contribution >= 0.6 is 0 Å². The molecule has 5 rings (SSSR count). The van der Waals surface area contributed by atoms with Crippen LogP contribution in [0.1, 0.15) is 27.2 Å². The van der Waals surface area contributed by atoms with Crippen molar-refractivity contribution in [1.82, 2.24) is 10.3 Å². The maximum absolute atomic E-state index is 12.8. The first-order chi connectivity index (χ1) is 15.2. The van der Waals surface area contributed by atoms with Gasteiger partial charge in [-0.25, -0.2) is 0 Å².